The molecule has 1 atom stereocenters. The first-order chi connectivity index (χ1) is 10.0. The number of phenols is 1. The highest BCUT2D eigenvalue weighted by Crippen LogP contribution is 2.37. The van der Waals surface area contributed by atoms with Crippen LogP contribution < -0.4 is 4.74 Å². The SMILES string of the molecule is O=C1CC(c2cccc([N+](=O)[O-])c2)Oc2ccc(O)cc21. The van der Waals surface area contributed by atoms with Crippen LogP contribution >= 0.6 is 0 Å². The van der Waals surface area contributed by atoms with Crippen LogP contribution in [-0.2, 0) is 0 Å². The van der Waals surface area contributed by atoms with Crippen LogP contribution in [0.3, 0.4) is 0 Å². The molecule has 0 fully saturated rings. The van der Waals surface area contributed by atoms with Crippen LogP contribution in [-0.4, -0.2) is 15.8 Å². The lowest BCUT2D eigenvalue weighted by Crippen LogP contribution is -2.20. The molecule has 1 aliphatic heterocycles. The fraction of sp³-hybridized carbons (Fsp3) is 0.133. The Balaban J connectivity index is 1.96. The topological polar surface area (TPSA) is 89.7 Å². The van der Waals surface area contributed by atoms with Gasteiger partial charge in [-0.25, -0.2) is 0 Å². The fourth-order valence-electron chi connectivity index (χ4n) is 2.34. The second-order valence-electron chi connectivity index (χ2n) is 4.77. The second-order valence-corrected chi connectivity index (χ2v) is 4.77. The van der Waals surface area contributed by atoms with E-state index in [0.29, 0.717) is 16.9 Å². The van der Waals surface area contributed by atoms with Gasteiger partial charge in [-0.1, -0.05) is 12.1 Å². The number of ether oxygens (including phenoxy) is 1. The predicted octanol–water partition coefficient (Wildman–Crippen LogP) is 3.01. The average Bonchev–Trinajstić information content (AvgIpc) is 2.48. The summed E-state index contributed by atoms with van der Waals surface area (Å²) < 4.78 is 5.72. The molecule has 0 aliphatic carbocycles. The van der Waals surface area contributed by atoms with Crippen LogP contribution in [0.15, 0.2) is 42.5 Å². The summed E-state index contributed by atoms with van der Waals surface area (Å²) >= 11 is 0. The van der Waals surface area contributed by atoms with Gasteiger partial charge in [0.05, 0.1) is 16.9 Å². The first-order valence-electron chi connectivity index (χ1n) is 6.32. The Labute approximate surface area is 119 Å². The van der Waals surface area contributed by atoms with Crippen LogP contribution in [0.25, 0.3) is 0 Å². The highest BCUT2D eigenvalue weighted by Gasteiger charge is 2.28. The van der Waals surface area contributed by atoms with Crippen LogP contribution in [0.2, 0.25) is 0 Å². The van der Waals surface area contributed by atoms with Crippen molar-refractivity contribution < 1.29 is 19.6 Å². The molecule has 0 saturated carbocycles. The Morgan fingerprint density at radius 2 is 2.05 bits per heavy atom. The lowest BCUT2D eigenvalue weighted by Gasteiger charge is -2.25. The number of fused-ring (bicyclic) bond motifs is 1. The van der Waals surface area contributed by atoms with Crippen LogP contribution in [0.4, 0.5) is 5.69 Å². The summed E-state index contributed by atoms with van der Waals surface area (Å²) in [5, 5.41) is 20.2. The minimum atomic E-state index is -0.561. The van der Waals surface area contributed by atoms with Crippen LogP contribution in [0, 0.1) is 10.1 Å². The summed E-state index contributed by atoms with van der Waals surface area (Å²) in [7, 11) is 0. The lowest BCUT2D eigenvalue weighted by atomic mass is 9.96. The maximum absolute atomic E-state index is 12.1. The third-order valence-corrected chi connectivity index (χ3v) is 3.36. The minimum absolute atomic E-state index is 0.000464. The third kappa shape index (κ3) is 2.43. The molecule has 0 bridgehead atoms. The molecule has 0 radical (unpaired) electrons. The zero-order valence-electron chi connectivity index (χ0n) is 10.9. The number of carbonyl (C=O) groups is 1. The van der Waals surface area contributed by atoms with Gasteiger partial charge in [0.15, 0.2) is 5.78 Å². The molecule has 1 heterocycles. The number of hydrogen-bond acceptors (Lipinski definition) is 5. The average molecular weight is 285 g/mol. The zero-order valence-corrected chi connectivity index (χ0v) is 10.9. The molecule has 6 heteroatoms. The Hall–Kier alpha value is -2.89. The van der Waals surface area contributed by atoms with E-state index in [1.807, 2.05) is 0 Å². The number of non-ortho nitro benzene ring substituents is 1. The van der Waals surface area contributed by atoms with Crippen molar-refractivity contribution in [2.45, 2.75) is 12.5 Å². The Bertz CT molecular complexity index is 741. The summed E-state index contributed by atoms with van der Waals surface area (Å²) in [6.45, 7) is 0. The number of phenolic OH excluding ortho intramolecular Hbond substituents is 1. The smallest absolute Gasteiger partial charge is 0.269 e. The van der Waals surface area contributed by atoms with Crippen molar-refractivity contribution in [1.29, 1.82) is 0 Å². The summed E-state index contributed by atoms with van der Waals surface area (Å²) in [6.07, 6.45) is -0.480. The second kappa shape index (κ2) is 4.90. The lowest BCUT2D eigenvalue weighted by molar-refractivity contribution is -0.385. The van der Waals surface area contributed by atoms with E-state index in [1.54, 1.807) is 12.1 Å². The van der Waals surface area contributed by atoms with Gasteiger partial charge in [0.1, 0.15) is 17.6 Å². The summed E-state index contributed by atoms with van der Waals surface area (Å²) in [5.74, 6) is 0.212. The highest BCUT2D eigenvalue weighted by atomic mass is 16.6. The van der Waals surface area contributed by atoms with E-state index in [4.69, 9.17) is 4.74 Å². The monoisotopic (exact) mass is 285 g/mol. The summed E-state index contributed by atoms with van der Waals surface area (Å²) in [4.78, 5) is 22.4. The van der Waals surface area contributed by atoms with E-state index < -0.39 is 11.0 Å². The number of nitro groups is 1. The molecule has 1 aliphatic rings. The molecule has 0 amide bonds. The van der Waals surface area contributed by atoms with Crippen molar-refractivity contribution >= 4 is 11.5 Å². The van der Waals surface area contributed by atoms with Gasteiger partial charge in [-0.15, -0.1) is 0 Å². The number of carbonyl (C=O) groups excluding carboxylic acids is 1. The van der Waals surface area contributed by atoms with Crippen molar-refractivity contribution in [3.63, 3.8) is 0 Å². The third-order valence-electron chi connectivity index (χ3n) is 3.36. The molecule has 2 aromatic carbocycles. The molecule has 3 rings (SSSR count). The van der Waals surface area contributed by atoms with Crippen LogP contribution in [0.1, 0.15) is 28.4 Å². The molecule has 21 heavy (non-hydrogen) atoms. The number of Topliss-reactive ketones (excluding diaryl/α,β-unsaturated/α-hetero) is 1. The Morgan fingerprint density at radius 1 is 1.24 bits per heavy atom. The van der Waals surface area contributed by atoms with Gasteiger partial charge in [-0.3, -0.25) is 14.9 Å². The number of nitrogens with zero attached hydrogens (tertiary/aromatic N) is 1. The number of benzene rings is 2. The normalized spacial score (nSPS) is 17.0. The molecule has 0 spiro atoms. The number of ketones is 1. The molecule has 0 saturated heterocycles. The molecule has 1 unspecified atom stereocenters. The first kappa shape index (κ1) is 13.1. The van der Waals surface area contributed by atoms with E-state index in [-0.39, 0.29) is 23.6 Å². The predicted molar refractivity (Wildman–Crippen MR) is 73.5 cm³/mol. The standard InChI is InChI=1S/C15H11NO5/c17-11-4-5-14-12(7-11)13(18)8-15(21-14)9-2-1-3-10(6-9)16(19)20/h1-7,15,17H,8H2. The van der Waals surface area contributed by atoms with E-state index >= 15 is 0 Å². The molecule has 6 nitrogen and oxygen atoms in total. The molecule has 0 aromatic heterocycles. The molecular weight excluding hydrogens is 274 g/mol. The van der Waals surface area contributed by atoms with E-state index in [0.717, 1.165) is 0 Å². The van der Waals surface area contributed by atoms with Crippen molar-refractivity contribution in [3.05, 3.63) is 63.7 Å². The quantitative estimate of drug-likeness (QED) is 0.676. The minimum Gasteiger partial charge on any atom is -0.508 e. The molecule has 1 N–H and O–H groups in total. The van der Waals surface area contributed by atoms with Gasteiger partial charge in [0.25, 0.3) is 5.69 Å². The Kier molecular flexibility index (Phi) is 3.06. The summed E-state index contributed by atoms with van der Waals surface area (Å²) in [5.41, 5.74) is 0.869. The molecule has 106 valence electrons. The largest absolute Gasteiger partial charge is 0.508 e. The molecular formula is C15H11NO5. The number of rotatable bonds is 2. The number of hydrogen-bond donors (Lipinski definition) is 1. The van der Waals surface area contributed by atoms with Gasteiger partial charge in [0.2, 0.25) is 0 Å². The number of aromatic hydroxyl groups is 1. The van der Waals surface area contributed by atoms with Crippen molar-refractivity contribution in [1.82, 2.24) is 0 Å². The zero-order chi connectivity index (χ0) is 15.0. The van der Waals surface area contributed by atoms with Gasteiger partial charge in [-0.2, -0.15) is 0 Å². The van der Waals surface area contributed by atoms with Crippen molar-refractivity contribution in [2.24, 2.45) is 0 Å². The van der Waals surface area contributed by atoms with Crippen molar-refractivity contribution in [2.75, 3.05) is 0 Å². The first-order valence-corrected chi connectivity index (χ1v) is 6.32. The van der Waals surface area contributed by atoms with Gasteiger partial charge < -0.3 is 9.84 Å². The summed E-state index contributed by atoms with van der Waals surface area (Å²) in [6, 6.07) is 10.4. The maximum atomic E-state index is 12.1. The van der Waals surface area contributed by atoms with Gasteiger partial charge in [0, 0.05) is 12.1 Å². The fourth-order valence-corrected chi connectivity index (χ4v) is 2.34. The van der Waals surface area contributed by atoms with E-state index in [9.17, 15) is 20.0 Å². The van der Waals surface area contributed by atoms with Crippen LogP contribution in [0.5, 0.6) is 11.5 Å². The highest BCUT2D eigenvalue weighted by molar-refractivity contribution is 6.00. The van der Waals surface area contributed by atoms with E-state index in [2.05, 4.69) is 0 Å². The molecule has 2 aromatic rings. The maximum Gasteiger partial charge on any atom is 0.269 e. The number of nitro benzene ring substituents is 1. The Morgan fingerprint density at radius 3 is 2.81 bits per heavy atom. The van der Waals surface area contributed by atoms with Crippen molar-refractivity contribution in [3.8, 4) is 11.5 Å². The van der Waals surface area contributed by atoms with Gasteiger partial charge >= 0.3 is 0 Å². The van der Waals surface area contributed by atoms with E-state index in [1.165, 1.54) is 30.3 Å². The van der Waals surface area contributed by atoms with Gasteiger partial charge in [-0.05, 0) is 23.8 Å².